The maximum absolute atomic E-state index is 12.1. The number of nitrogens with zero attached hydrogens (tertiary/aromatic N) is 1. The predicted octanol–water partition coefficient (Wildman–Crippen LogP) is 3.12. The van der Waals surface area contributed by atoms with Crippen LogP contribution in [0.25, 0.3) is 0 Å². The van der Waals surface area contributed by atoms with Gasteiger partial charge in [-0.15, -0.1) is 0 Å². The van der Waals surface area contributed by atoms with Gasteiger partial charge in [-0.25, -0.2) is 4.98 Å². The zero-order valence-corrected chi connectivity index (χ0v) is 12.6. The molecule has 0 saturated heterocycles. The average Bonchev–Trinajstić information content (AvgIpc) is 2.99. The largest absolute Gasteiger partial charge is 0.469 e. The summed E-state index contributed by atoms with van der Waals surface area (Å²) in [5.74, 6) is 1.27. The summed E-state index contributed by atoms with van der Waals surface area (Å²) in [6, 6.07) is 5.36. The van der Waals surface area contributed by atoms with Crippen LogP contribution in [0.5, 0.6) is 0 Å². The number of aromatic nitrogens is 1. The molecule has 2 heterocycles. The highest BCUT2D eigenvalue weighted by atomic mass is 35.5. The van der Waals surface area contributed by atoms with Crippen molar-refractivity contribution in [2.75, 3.05) is 18.4 Å². The normalized spacial score (nSPS) is 10.4. The molecular formula is C15H18ClN3O2. The van der Waals surface area contributed by atoms with Gasteiger partial charge in [0, 0.05) is 25.7 Å². The number of carbonyl (C=O) groups excluding carboxylic acids is 1. The van der Waals surface area contributed by atoms with E-state index in [0.29, 0.717) is 29.4 Å². The highest BCUT2D eigenvalue weighted by molar-refractivity contribution is 6.33. The topological polar surface area (TPSA) is 67.2 Å². The first kappa shape index (κ1) is 15.4. The average molecular weight is 308 g/mol. The Morgan fingerprint density at radius 2 is 2.29 bits per heavy atom. The standard InChI is InChI=1S/C15H18ClN3O2/c1-2-6-17-14-9-12(13(16)10-19-14)15(20)18-7-5-11-4-3-8-21-11/h3-4,8-10H,2,5-7H2,1H3,(H,17,19)(H,18,20). The van der Waals surface area contributed by atoms with Gasteiger partial charge >= 0.3 is 0 Å². The lowest BCUT2D eigenvalue weighted by Crippen LogP contribution is -2.26. The second-order valence-corrected chi connectivity index (χ2v) is 4.97. The van der Waals surface area contributed by atoms with E-state index in [1.807, 2.05) is 12.1 Å². The van der Waals surface area contributed by atoms with Crippen LogP contribution in [-0.2, 0) is 6.42 Å². The fourth-order valence-corrected chi connectivity index (χ4v) is 2.00. The van der Waals surface area contributed by atoms with E-state index in [2.05, 4.69) is 22.5 Å². The number of furan rings is 1. The molecular weight excluding hydrogens is 290 g/mol. The van der Waals surface area contributed by atoms with Crippen LogP contribution in [-0.4, -0.2) is 24.0 Å². The number of hydrogen-bond donors (Lipinski definition) is 2. The van der Waals surface area contributed by atoms with E-state index in [1.165, 1.54) is 6.20 Å². The second kappa shape index (κ2) is 7.69. The van der Waals surface area contributed by atoms with Crippen LogP contribution < -0.4 is 10.6 Å². The minimum absolute atomic E-state index is 0.214. The van der Waals surface area contributed by atoms with Gasteiger partial charge in [0.2, 0.25) is 0 Å². The third-order valence-electron chi connectivity index (χ3n) is 2.89. The van der Waals surface area contributed by atoms with Crippen LogP contribution in [0.15, 0.2) is 35.1 Å². The van der Waals surface area contributed by atoms with E-state index in [0.717, 1.165) is 18.7 Å². The molecule has 2 aromatic heterocycles. The number of amides is 1. The molecule has 21 heavy (non-hydrogen) atoms. The van der Waals surface area contributed by atoms with E-state index < -0.39 is 0 Å². The van der Waals surface area contributed by atoms with Crippen LogP contribution in [0.1, 0.15) is 29.5 Å². The first-order valence-corrected chi connectivity index (χ1v) is 7.28. The summed E-state index contributed by atoms with van der Waals surface area (Å²) >= 11 is 6.03. The Hall–Kier alpha value is -2.01. The van der Waals surface area contributed by atoms with E-state index in [-0.39, 0.29) is 5.91 Å². The van der Waals surface area contributed by atoms with Gasteiger partial charge in [0.15, 0.2) is 0 Å². The van der Waals surface area contributed by atoms with E-state index in [4.69, 9.17) is 16.0 Å². The molecule has 112 valence electrons. The van der Waals surface area contributed by atoms with Crippen molar-refractivity contribution in [3.63, 3.8) is 0 Å². The van der Waals surface area contributed by atoms with Gasteiger partial charge in [-0.1, -0.05) is 18.5 Å². The molecule has 0 saturated carbocycles. The molecule has 0 aromatic carbocycles. The molecule has 0 unspecified atom stereocenters. The lowest BCUT2D eigenvalue weighted by molar-refractivity contribution is 0.0954. The number of nitrogens with one attached hydrogen (secondary N) is 2. The van der Waals surface area contributed by atoms with Gasteiger partial charge in [-0.05, 0) is 24.6 Å². The molecule has 2 aromatic rings. The van der Waals surface area contributed by atoms with E-state index in [9.17, 15) is 4.79 Å². The SMILES string of the molecule is CCCNc1cc(C(=O)NCCc2ccco2)c(Cl)cn1. The lowest BCUT2D eigenvalue weighted by atomic mass is 10.2. The van der Waals surface area contributed by atoms with Crippen molar-refractivity contribution in [2.45, 2.75) is 19.8 Å². The Balaban J connectivity index is 1.94. The highest BCUT2D eigenvalue weighted by Crippen LogP contribution is 2.18. The van der Waals surface area contributed by atoms with Crippen LogP contribution in [0, 0.1) is 0 Å². The summed E-state index contributed by atoms with van der Waals surface area (Å²) in [7, 11) is 0. The fourth-order valence-electron chi connectivity index (χ4n) is 1.81. The third-order valence-corrected chi connectivity index (χ3v) is 3.19. The van der Waals surface area contributed by atoms with Gasteiger partial charge < -0.3 is 15.1 Å². The molecule has 0 spiro atoms. The van der Waals surface area contributed by atoms with Crippen LogP contribution in [0.2, 0.25) is 5.02 Å². The van der Waals surface area contributed by atoms with Gasteiger partial charge in [0.25, 0.3) is 5.91 Å². The third kappa shape index (κ3) is 4.49. The summed E-state index contributed by atoms with van der Waals surface area (Å²) in [6.45, 7) is 3.35. The van der Waals surface area contributed by atoms with Crippen LogP contribution in [0.3, 0.4) is 0 Å². The van der Waals surface area contributed by atoms with Crippen molar-refractivity contribution >= 4 is 23.3 Å². The molecule has 5 nitrogen and oxygen atoms in total. The number of hydrogen-bond acceptors (Lipinski definition) is 4. The lowest BCUT2D eigenvalue weighted by Gasteiger charge is -2.09. The number of rotatable bonds is 7. The van der Waals surface area contributed by atoms with E-state index in [1.54, 1.807) is 12.3 Å². The minimum Gasteiger partial charge on any atom is -0.469 e. The Labute approximate surface area is 128 Å². The zero-order valence-electron chi connectivity index (χ0n) is 11.9. The number of halogens is 1. The Morgan fingerprint density at radius 3 is 3.00 bits per heavy atom. The highest BCUT2D eigenvalue weighted by Gasteiger charge is 2.12. The predicted molar refractivity (Wildman–Crippen MR) is 82.8 cm³/mol. The molecule has 6 heteroatoms. The number of pyridine rings is 1. The van der Waals surface area contributed by atoms with Crippen molar-refractivity contribution in [1.82, 2.24) is 10.3 Å². The summed E-state index contributed by atoms with van der Waals surface area (Å²) in [5, 5.41) is 6.29. The summed E-state index contributed by atoms with van der Waals surface area (Å²) in [6.07, 6.45) is 4.72. The molecule has 2 rings (SSSR count). The maximum Gasteiger partial charge on any atom is 0.253 e. The van der Waals surface area contributed by atoms with Gasteiger partial charge in [-0.3, -0.25) is 4.79 Å². The molecule has 0 aliphatic rings. The molecule has 0 bridgehead atoms. The van der Waals surface area contributed by atoms with Crippen molar-refractivity contribution in [3.05, 3.63) is 47.0 Å². The molecule has 0 aliphatic heterocycles. The molecule has 2 N–H and O–H groups in total. The van der Waals surface area contributed by atoms with Crippen molar-refractivity contribution < 1.29 is 9.21 Å². The van der Waals surface area contributed by atoms with Crippen LogP contribution in [0.4, 0.5) is 5.82 Å². The second-order valence-electron chi connectivity index (χ2n) is 4.56. The maximum atomic E-state index is 12.1. The Bertz CT molecular complexity index is 585. The summed E-state index contributed by atoms with van der Waals surface area (Å²) in [4.78, 5) is 16.3. The zero-order chi connectivity index (χ0) is 15.1. The van der Waals surface area contributed by atoms with E-state index >= 15 is 0 Å². The quantitative estimate of drug-likeness (QED) is 0.824. The van der Waals surface area contributed by atoms with Crippen LogP contribution >= 0.6 is 11.6 Å². The van der Waals surface area contributed by atoms with Crippen molar-refractivity contribution in [2.24, 2.45) is 0 Å². The first-order valence-electron chi connectivity index (χ1n) is 6.90. The molecule has 1 amide bonds. The van der Waals surface area contributed by atoms with Gasteiger partial charge in [0.05, 0.1) is 16.8 Å². The fraction of sp³-hybridized carbons (Fsp3) is 0.333. The van der Waals surface area contributed by atoms with Gasteiger partial charge in [0.1, 0.15) is 11.6 Å². The Morgan fingerprint density at radius 1 is 1.43 bits per heavy atom. The molecule has 0 radical (unpaired) electrons. The van der Waals surface area contributed by atoms with Crippen molar-refractivity contribution in [1.29, 1.82) is 0 Å². The molecule has 0 fully saturated rings. The summed E-state index contributed by atoms with van der Waals surface area (Å²) in [5.41, 5.74) is 0.421. The van der Waals surface area contributed by atoms with Gasteiger partial charge in [-0.2, -0.15) is 0 Å². The molecule has 0 atom stereocenters. The number of carbonyl (C=O) groups is 1. The number of anilines is 1. The minimum atomic E-state index is -0.214. The monoisotopic (exact) mass is 307 g/mol. The Kier molecular flexibility index (Phi) is 5.63. The first-order chi connectivity index (χ1) is 10.2. The van der Waals surface area contributed by atoms with Crippen molar-refractivity contribution in [3.8, 4) is 0 Å². The smallest absolute Gasteiger partial charge is 0.253 e. The molecule has 0 aliphatic carbocycles. The summed E-state index contributed by atoms with van der Waals surface area (Å²) < 4.78 is 5.21.